The zero-order chi connectivity index (χ0) is 15.3. The highest BCUT2D eigenvalue weighted by molar-refractivity contribution is 5.78. The third-order valence-electron chi connectivity index (χ3n) is 4.02. The van der Waals surface area contributed by atoms with Crippen LogP contribution in [-0.4, -0.2) is 24.2 Å². The van der Waals surface area contributed by atoms with E-state index in [2.05, 4.69) is 50.4 Å². The van der Waals surface area contributed by atoms with Crippen LogP contribution in [0.2, 0.25) is 0 Å². The van der Waals surface area contributed by atoms with E-state index in [-0.39, 0.29) is 11.6 Å². The molecule has 0 aliphatic heterocycles. The lowest BCUT2D eigenvalue weighted by atomic mass is 9.96. The van der Waals surface area contributed by atoms with Gasteiger partial charge in [0.25, 0.3) is 0 Å². The van der Waals surface area contributed by atoms with E-state index in [0.717, 1.165) is 30.6 Å². The van der Waals surface area contributed by atoms with Crippen LogP contribution < -0.4 is 5.32 Å². The summed E-state index contributed by atoms with van der Waals surface area (Å²) in [5.74, 6) is 0. The van der Waals surface area contributed by atoms with Gasteiger partial charge >= 0.3 is 0 Å². The van der Waals surface area contributed by atoms with Gasteiger partial charge < -0.3 is 10.1 Å². The molecule has 3 nitrogen and oxygen atoms in total. The van der Waals surface area contributed by atoms with E-state index in [1.54, 1.807) is 7.11 Å². The maximum atomic E-state index is 5.52. The van der Waals surface area contributed by atoms with Crippen molar-refractivity contribution in [1.29, 1.82) is 0 Å². The predicted octanol–water partition coefficient (Wildman–Crippen LogP) is 4.09. The van der Waals surface area contributed by atoms with Crippen LogP contribution in [0.25, 0.3) is 10.9 Å². The van der Waals surface area contributed by atoms with Gasteiger partial charge in [-0.15, -0.1) is 0 Å². The number of ether oxygens (including phenoxy) is 1. The van der Waals surface area contributed by atoms with Crippen molar-refractivity contribution >= 4 is 10.9 Å². The first-order chi connectivity index (χ1) is 10.1. The summed E-state index contributed by atoms with van der Waals surface area (Å²) in [6, 6.07) is 12.8. The molecule has 114 valence electrons. The van der Waals surface area contributed by atoms with E-state index in [1.807, 2.05) is 12.1 Å². The largest absolute Gasteiger partial charge is 0.379 e. The number of hydrogen-bond acceptors (Lipinski definition) is 3. The van der Waals surface area contributed by atoms with Crippen molar-refractivity contribution < 1.29 is 4.74 Å². The summed E-state index contributed by atoms with van der Waals surface area (Å²) in [5, 5.41) is 4.73. The molecule has 0 aliphatic rings. The van der Waals surface area contributed by atoms with E-state index < -0.39 is 0 Å². The maximum Gasteiger partial charge on any atom is 0.0706 e. The summed E-state index contributed by atoms with van der Waals surface area (Å²) in [6.07, 6.45) is 2.01. The van der Waals surface area contributed by atoms with Gasteiger partial charge in [-0.05, 0) is 45.4 Å². The molecular formula is C18H26N2O. The van der Waals surface area contributed by atoms with E-state index in [9.17, 15) is 0 Å². The summed E-state index contributed by atoms with van der Waals surface area (Å²) in [4.78, 5) is 4.82. The zero-order valence-corrected chi connectivity index (χ0v) is 13.5. The Labute approximate surface area is 127 Å². The lowest BCUT2D eigenvalue weighted by molar-refractivity contribution is 0.0116. The molecule has 0 saturated heterocycles. The van der Waals surface area contributed by atoms with Gasteiger partial charge in [-0.25, -0.2) is 0 Å². The van der Waals surface area contributed by atoms with E-state index in [4.69, 9.17) is 9.72 Å². The van der Waals surface area contributed by atoms with Crippen molar-refractivity contribution in [2.45, 2.75) is 45.3 Å². The number of para-hydroxylation sites is 1. The number of aromatic nitrogens is 1. The molecule has 21 heavy (non-hydrogen) atoms. The van der Waals surface area contributed by atoms with Crippen LogP contribution in [0, 0.1) is 0 Å². The molecule has 0 spiro atoms. The Hall–Kier alpha value is -1.45. The molecule has 0 fully saturated rings. The molecule has 1 aromatic carbocycles. The molecule has 1 heterocycles. The highest BCUT2D eigenvalue weighted by Crippen LogP contribution is 2.25. The van der Waals surface area contributed by atoms with Crippen LogP contribution in [0.1, 0.15) is 45.3 Å². The lowest BCUT2D eigenvalue weighted by Gasteiger charge is -2.26. The summed E-state index contributed by atoms with van der Waals surface area (Å²) in [7, 11) is 1.77. The number of nitrogens with zero attached hydrogens (tertiary/aromatic N) is 1. The molecule has 1 N–H and O–H groups in total. The smallest absolute Gasteiger partial charge is 0.0706 e. The number of hydrogen-bond donors (Lipinski definition) is 1. The van der Waals surface area contributed by atoms with Crippen molar-refractivity contribution in [3.63, 3.8) is 0 Å². The molecule has 3 heteroatoms. The molecule has 1 atom stereocenters. The average molecular weight is 286 g/mol. The first-order valence-electron chi connectivity index (χ1n) is 7.70. The SMILES string of the molecule is CCNC(CCC(C)(C)OC)c1ccc2ccccc2n1. The Morgan fingerprint density at radius 2 is 1.95 bits per heavy atom. The van der Waals surface area contributed by atoms with Crippen molar-refractivity contribution in [3.8, 4) is 0 Å². The van der Waals surface area contributed by atoms with E-state index in [1.165, 1.54) is 5.39 Å². The minimum Gasteiger partial charge on any atom is -0.379 e. The molecule has 2 aromatic rings. The highest BCUT2D eigenvalue weighted by atomic mass is 16.5. The normalized spacial score (nSPS) is 13.5. The van der Waals surface area contributed by atoms with Gasteiger partial charge in [0.2, 0.25) is 0 Å². The second-order valence-corrected chi connectivity index (χ2v) is 6.04. The lowest BCUT2D eigenvalue weighted by Crippen LogP contribution is -2.27. The molecule has 0 bridgehead atoms. The van der Waals surface area contributed by atoms with Crippen LogP contribution in [0.4, 0.5) is 0 Å². The van der Waals surface area contributed by atoms with Crippen molar-refractivity contribution in [2.24, 2.45) is 0 Å². The Morgan fingerprint density at radius 3 is 2.67 bits per heavy atom. The quantitative estimate of drug-likeness (QED) is 0.832. The third-order valence-corrected chi connectivity index (χ3v) is 4.02. The Kier molecular flexibility index (Phi) is 5.32. The number of rotatable bonds is 7. The summed E-state index contributed by atoms with van der Waals surface area (Å²) < 4.78 is 5.52. The van der Waals surface area contributed by atoms with E-state index in [0.29, 0.717) is 0 Å². The Bertz CT molecular complexity index is 580. The molecule has 2 rings (SSSR count). The Morgan fingerprint density at radius 1 is 1.19 bits per heavy atom. The van der Waals surface area contributed by atoms with Gasteiger partial charge in [-0.3, -0.25) is 4.98 Å². The minimum absolute atomic E-state index is 0.0927. The monoisotopic (exact) mass is 286 g/mol. The molecule has 0 amide bonds. The van der Waals surface area contributed by atoms with Crippen LogP contribution in [-0.2, 0) is 4.74 Å². The molecular weight excluding hydrogens is 260 g/mol. The van der Waals surface area contributed by atoms with Crippen LogP contribution in [0.3, 0.4) is 0 Å². The molecule has 0 radical (unpaired) electrons. The summed E-state index contributed by atoms with van der Waals surface area (Å²) in [6.45, 7) is 7.33. The van der Waals surface area contributed by atoms with Crippen molar-refractivity contribution in [3.05, 3.63) is 42.1 Å². The van der Waals surface area contributed by atoms with Crippen LogP contribution in [0.15, 0.2) is 36.4 Å². The number of nitrogens with one attached hydrogen (secondary N) is 1. The minimum atomic E-state index is -0.0927. The fourth-order valence-corrected chi connectivity index (χ4v) is 2.47. The fraction of sp³-hybridized carbons (Fsp3) is 0.500. The van der Waals surface area contributed by atoms with Crippen LogP contribution in [0.5, 0.6) is 0 Å². The second kappa shape index (κ2) is 7.01. The molecule has 1 unspecified atom stereocenters. The fourth-order valence-electron chi connectivity index (χ4n) is 2.47. The molecule has 1 aromatic heterocycles. The number of benzene rings is 1. The van der Waals surface area contributed by atoms with Crippen LogP contribution >= 0.6 is 0 Å². The third kappa shape index (κ3) is 4.26. The second-order valence-electron chi connectivity index (χ2n) is 6.04. The average Bonchev–Trinajstić information content (AvgIpc) is 2.51. The number of fused-ring (bicyclic) bond motifs is 1. The van der Waals surface area contributed by atoms with Gasteiger partial charge in [-0.2, -0.15) is 0 Å². The maximum absolute atomic E-state index is 5.52. The number of methoxy groups -OCH3 is 1. The Balaban J connectivity index is 2.19. The summed E-state index contributed by atoms with van der Waals surface area (Å²) >= 11 is 0. The van der Waals surface area contributed by atoms with Gasteiger partial charge in [0.05, 0.1) is 16.8 Å². The van der Waals surface area contributed by atoms with Crippen molar-refractivity contribution in [1.82, 2.24) is 10.3 Å². The number of pyridine rings is 1. The zero-order valence-electron chi connectivity index (χ0n) is 13.5. The highest BCUT2D eigenvalue weighted by Gasteiger charge is 2.20. The van der Waals surface area contributed by atoms with Gasteiger partial charge in [0.15, 0.2) is 0 Å². The molecule has 0 aliphatic carbocycles. The first kappa shape index (κ1) is 15.9. The predicted molar refractivity (Wildman–Crippen MR) is 88.5 cm³/mol. The van der Waals surface area contributed by atoms with Gasteiger partial charge in [-0.1, -0.05) is 31.2 Å². The van der Waals surface area contributed by atoms with E-state index >= 15 is 0 Å². The first-order valence-corrected chi connectivity index (χ1v) is 7.70. The molecule has 0 saturated carbocycles. The van der Waals surface area contributed by atoms with Gasteiger partial charge in [0.1, 0.15) is 0 Å². The topological polar surface area (TPSA) is 34.1 Å². The summed E-state index contributed by atoms with van der Waals surface area (Å²) in [5.41, 5.74) is 2.08. The van der Waals surface area contributed by atoms with Crippen molar-refractivity contribution in [2.75, 3.05) is 13.7 Å². The standard InChI is InChI=1S/C18H26N2O/c1-5-19-16(12-13-18(2,3)21-4)17-11-10-14-8-6-7-9-15(14)20-17/h6-11,16,19H,5,12-13H2,1-4H3. The van der Waals surface area contributed by atoms with Gasteiger partial charge in [0, 0.05) is 18.5 Å².